The number of nitro groups is 1. The van der Waals surface area contributed by atoms with E-state index >= 15 is 0 Å². The lowest BCUT2D eigenvalue weighted by molar-refractivity contribution is -0.387. The molecule has 1 saturated carbocycles. The van der Waals surface area contributed by atoms with Crippen molar-refractivity contribution < 1.29 is 9.31 Å². The number of rotatable bonds is 4. The maximum absolute atomic E-state index is 14.1. The molecule has 0 spiro atoms. The van der Waals surface area contributed by atoms with Gasteiger partial charge in [-0.3, -0.25) is 10.1 Å². The number of benzene rings is 1. The fraction of sp³-hybridized carbons (Fsp3) is 0.600. The Morgan fingerprint density at radius 2 is 2.10 bits per heavy atom. The lowest BCUT2D eigenvalue weighted by Crippen LogP contribution is -2.45. The quantitative estimate of drug-likeness (QED) is 0.677. The normalized spacial score (nSPS) is 26.4. The maximum Gasteiger partial charge on any atom is 0.305 e. The fourth-order valence-corrected chi connectivity index (χ4v) is 3.06. The number of nitro benzene ring substituents is 1. The predicted molar refractivity (Wildman–Crippen MR) is 75.9 cm³/mol. The van der Waals surface area contributed by atoms with Crippen LogP contribution in [-0.2, 0) is 6.42 Å². The molecule has 1 aromatic carbocycles. The van der Waals surface area contributed by atoms with E-state index in [9.17, 15) is 14.5 Å². The minimum absolute atomic E-state index is 0.358. The van der Waals surface area contributed by atoms with Gasteiger partial charge in [-0.15, -0.1) is 0 Å². The first-order chi connectivity index (χ1) is 9.45. The second-order valence-electron chi connectivity index (χ2n) is 5.90. The SMILES string of the molecule is CCC1CCC(N)(Cc2cccc([N+](=O)[O-])c2F)CC1. The number of hydrogen-bond acceptors (Lipinski definition) is 3. The van der Waals surface area contributed by atoms with E-state index in [1.807, 2.05) is 0 Å². The minimum Gasteiger partial charge on any atom is -0.325 e. The summed E-state index contributed by atoms with van der Waals surface area (Å²) in [4.78, 5) is 10.1. The third-order valence-electron chi connectivity index (χ3n) is 4.48. The standard InChI is InChI=1S/C15H21FN2O2/c1-2-11-6-8-15(17,9-7-11)10-12-4-3-5-13(14(12)16)18(19)20/h3-5,11H,2,6-10,17H2,1H3. The van der Waals surface area contributed by atoms with Crippen molar-refractivity contribution in [1.29, 1.82) is 0 Å². The summed E-state index contributed by atoms with van der Waals surface area (Å²) in [6, 6.07) is 4.32. The Morgan fingerprint density at radius 1 is 1.45 bits per heavy atom. The molecule has 1 aromatic rings. The van der Waals surface area contributed by atoms with Gasteiger partial charge >= 0.3 is 5.69 Å². The molecule has 4 nitrogen and oxygen atoms in total. The average molecular weight is 280 g/mol. The smallest absolute Gasteiger partial charge is 0.305 e. The Morgan fingerprint density at radius 3 is 2.65 bits per heavy atom. The maximum atomic E-state index is 14.1. The number of hydrogen-bond donors (Lipinski definition) is 1. The van der Waals surface area contributed by atoms with Crippen LogP contribution in [0.15, 0.2) is 18.2 Å². The predicted octanol–water partition coefficient (Wildman–Crippen LogP) is 3.57. The molecule has 0 aliphatic heterocycles. The Kier molecular flexibility index (Phi) is 4.38. The first kappa shape index (κ1) is 14.9. The minimum atomic E-state index is -0.736. The van der Waals surface area contributed by atoms with E-state index in [4.69, 9.17) is 5.73 Å². The Labute approximate surface area is 118 Å². The highest BCUT2D eigenvalue weighted by Gasteiger charge is 2.32. The lowest BCUT2D eigenvalue weighted by atomic mass is 9.73. The van der Waals surface area contributed by atoms with Crippen LogP contribution >= 0.6 is 0 Å². The zero-order valence-corrected chi connectivity index (χ0v) is 11.8. The van der Waals surface area contributed by atoms with Gasteiger partial charge in [-0.05, 0) is 43.6 Å². The highest BCUT2D eigenvalue weighted by Crippen LogP contribution is 2.35. The van der Waals surface area contributed by atoms with Crippen molar-refractivity contribution in [3.05, 3.63) is 39.7 Å². The van der Waals surface area contributed by atoms with Crippen molar-refractivity contribution in [2.45, 2.75) is 51.0 Å². The van der Waals surface area contributed by atoms with Crippen LogP contribution in [0.3, 0.4) is 0 Å². The van der Waals surface area contributed by atoms with Gasteiger partial charge in [0, 0.05) is 11.6 Å². The van der Waals surface area contributed by atoms with Crippen molar-refractivity contribution in [3.63, 3.8) is 0 Å². The topological polar surface area (TPSA) is 69.2 Å². The summed E-state index contributed by atoms with van der Waals surface area (Å²) in [5.41, 5.74) is 5.83. The second-order valence-corrected chi connectivity index (χ2v) is 5.90. The van der Waals surface area contributed by atoms with Crippen molar-refractivity contribution in [2.24, 2.45) is 11.7 Å². The zero-order valence-electron chi connectivity index (χ0n) is 11.8. The molecular weight excluding hydrogens is 259 g/mol. The van der Waals surface area contributed by atoms with E-state index in [-0.39, 0.29) is 0 Å². The van der Waals surface area contributed by atoms with Crippen molar-refractivity contribution in [2.75, 3.05) is 0 Å². The largest absolute Gasteiger partial charge is 0.325 e. The van der Waals surface area contributed by atoms with Crippen LogP contribution in [0.1, 0.15) is 44.6 Å². The van der Waals surface area contributed by atoms with Gasteiger partial charge in [-0.1, -0.05) is 25.5 Å². The molecule has 0 bridgehead atoms. The molecule has 1 aliphatic carbocycles. The molecule has 1 aliphatic rings. The molecule has 0 unspecified atom stereocenters. The van der Waals surface area contributed by atoms with Gasteiger partial charge in [0.15, 0.2) is 0 Å². The Balaban J connectivity index is 2.14. The summed E-state index contributed by atoms with van der Waals surface area (Å²) in [7, 11) is 0. The molecule has 2 rings (SSSR count). The molecule has 110 valence electrons. The molecular formula is C15H21FN2O2. The van der Waals surface area contributed by atoms with Crippen LogP contribution < -0.4 is 5.73 Å². The van der Waals surface area contributed by atoms with E-state index in [0.29, 0.717) is 17.9 Å². The monoisotopic (exact) mass is 280 g/mol. The van der Waals surface area contributed by atoms with Gasteiger partial charge in [-0.2, -0.15) is 4.39 Å². The number of halogens is 1. The summed E-state index contributed by atoms with van der Waals surface area (Å²) < 4.78 is 14.1. The molecule has 0 amide bonds. The Bertz CT molecular complexity index is 497. The lowest BCUT2D eigenvalue weighted by Gasteiger charge is -2.37. The third-order valence-corrected chi connectivity index (χ3v) is 4.48. The molecule has 0 heterocycles. The van der Waals surface area contributed by atoms with Crippen LogP contribution in [0.2, 0.25) is 0 Å². The summed E-state index contributed by atoms with van der Waals surface area (Å²) in [5, 5.41) is 10.8. The van der Waals surface area contributed by atoms with E-state index < -0.39 is 22.0 Å². The zero-order chi connectivity index (χ0) is 14.8. The molecule has 0 radical (unpaired) electrons. The first-order valence-corrected chi connectivity index (χ1v) is 7.16. The Hall–Kier alpha value is -1.49. The van der Waals surface area contributed by atoms with Crippen molar-refractivity contribution in [1.82, 2.24) is 0 Å². The number of nitrogens with zero attached hydrogens (tertiary/aromatic N) is 1. The van der Waals surface area contributed by atoms with E-state index in [1.54, 1.807) is 6.07 Å². The molecule has 5 heteroatoms. The van der Waals surface area contributed by atoms with Gasteiger partial charge in [-0.25, -0.2) is 0 Å². The van der Waals surface area contributed by atoms with Gasteiger partial charge in [0.25, 0.3) is 0 Å². The van der Waals surface area contributed by atoms with E-state index in [1.165, 1.54) is 12.1 Å². The highest BCUT2D eigenvalue weighted by atomic mass is 19.1. The molecule has 0 saturated heterocycles. The van der Waals surface area contributed by atoms with Gasteiger partial charge < -0.3 is 5.73 Å². The third kappa shape index (κ3) is 3.15. The van der Waals surface area contributed by atoms with E-state index in [2.05, 4.69) is 6.92 Å². The van der Waals surface area contributed by atoms with Crippen LogP contribution in [0.5, 0.6) is 0 Å². The molecule has 1 fully saturated rings. The van der Waals surface area contributed by atoms with Gasteiger partial charge in [0.1, 0.15) is 0 Å². The number of nitrogens with two attached hydrogens (primary N) is 1. The second kappa shape index (κ2) is 5.87. The molecule has 0 aromatic heterocycles. The molecule has 2 N–H and O–H groups in total. The summed E-state index contributed by atoms with van der Waals surface area (Å²) in [6.45, 7) is 2.18. The molecule has 0 atom stereocenters. The summed E-state index contributed by atoms with van der Waals surface area (Å²) in [5.74, 6) is -0.0263. The molecule has 20 heavy (non-hydrogen) atoms. The fourth-order valence-electron chi connectivity index (χ4n) is 3.06. The van der Waals surface area contributed by atoms with Crippen LogP contribution in [0, 0.1) is 21.8 Å². The van der Waals surface area contributed by atoms with Crippen LogP contribution in [0.25, 0.3) is 0 Å². The van der Waals surface area contributed by atoms with E-state index in [0.717, 1.165) is 32.1 Å². The highest BCUT2D eigenvalue weighted by molar-refractivity contribution is 5.37. The summed E-state index contributed by atoms with van der Waals surface area (Å²) in [6.07, 6.45) is 5.35. The van der Waals surface area contributed by atoms with Crippen LogP contribution in [-0.4, -0.2) is 10.5 Å². The first-order valence-electron chi connectivity index (χ1n) is 7.16. The summed E-state index contributed by atoms with van der Waals surface area (Å²) >= 11 is 0. The average Bonchev–Trinajstić information content (AvgIpc) is 2.41. The van der Waals surface area contributed by atoms with Crippen molar-refractivity contribution in [3.8, 4) is 0 Å². The van der Waals surface area contributed by atoms with Crippen molar-refractivity contribution >= 4 is 5.69 Å². The van der Waals surface area contributed by atoms with Gasteiger partial charge in [0.2, 0.25) is 5.82 Å². The van der Waals surface area contributed by atoms with Crippen LogP contribution in [0.4, 0.5) is 10.1 Å². The van der Waals surface area contributed by atoms with Gasteiger partial charge in [0.05, 0.1) is 4.92 Å².